The average molecular weight is 232 g/mol. The van der Waals surface area contributed by atoms with Gasteiger partial charge in [0.05, 0.1) is 6.20 Å². The molecule has 17 heavy (non-hydrogen) atoms. The second kappa shape index (κ2) is 4.55. The molecule has 0 bridgehead atoms. The molecule has 1 unspecified atom stereocenters. The van der Waals surface area contributed by atoms with Gasteiger partial charge >= 0.3 is 0 Å². The van der Waals surface area contributed by atoms with Gasteiger partial charge in [0, 0.05) is 44.7 Å². The van der Waals surface area contributed by atoms with Crippen LogP contribution in [0.2, 0.25) is 0 Å². The topological polar surface area (TPSA) is 54.2 Å². The Morgan fingerprint density at radius 1 is 1.24 bits per heavy atom. The van der Waals surface area contributed by atoms with E-state index in [2.05, 4.69) is 10.1 Å². The number of aromatic nitrogens is 3. The Balaban J connectivity index is 2.22. The van der Waals surface area contributed by atoms with Crippen molar-refractivity contribution in [3.63, 3.8) is 0 Å². The fraction of sp³-hybridized carbons (Fsp3) is 0.333. The molecule has 0 aliphatic heterocycles. The zero-order valence-electron chi connectivity index (χ0n) is 10.2. The normalized spacial score (nSPS) is 12.5. The lowest BCUT2D eigenvalue weighted by molar-refractivity contribution is 0.220. The molecule has 90 valence electrons. The van der Waals surface area contributed by atoms with Crippen LogP contribution in [0.1, 0.15) is 17.2 Å². The van der Waals surface area contributed by atoms with Crippen molar-refractivity contribution in [1.82, 2.24) is 14.8 Å². The smallest absolute Gasteiger partial charge is 0.127 e. The van der Waals surface area contributed by atoms with Gasteiger partial charge in [-0.25, -0.2) is 4.98 Å². The van der Waals surface area contributed by atoms with Crippen molar-refractivity contribution >= 4 is 5.82 Å². The fourth-order valence-electron chi connectivity index (χ4n) is 1.60. The van der Waals surface area contributed by atoms with Crippen molar-refractivity contribution in [3.05, 3.63) is 41.9 Å². The van der Waals surface area contributed by atoms with Gasteiger partial charge in [-0.15, -0.1) is 0 Å². The highest BCUT2D eigenvalue weighted by Gasteiger charge is 2.12. The van der Waals surface area contributed by atoms with Crippen LogP contribution < -0.4 is 4.90 Å². The zero-order chi connectivity index (χ0) is 12.4. The van der Waals surface area contributed by atoms with E-state index >= 15 is 0 Å². The number of aryl methyl sites for hydroxylation is 1. The summed E-state index contributed by atoms with van der Waals surface area (Å²) in [5.41, 5.74) is 1.54. The van der Waals surface area contributed by atoms with Crippen molar-refractivity contribution in [2.75, 3.05) is 19.0 Å². The summed E-state index contributed by atoms with van der Waals surface area (Å²) in [5, 5.41) is 14.2. The molecule has 5 heteroatoms. The Morgan fingerprint density at radius 3 is 2.47 bits per heavy atom. The quantitative estimate of drug-likeness (QED) is 0.856. The van der Waals surface area contributed by atoms with Gasteiger partial charge in [0.1, 0.15) is 11.9 Å². The molecule has 0 saturated carbocycles. The molecule has 2 aromatic heterocycles. The third-order valence-electron chi connectivity index (χ3n) is 2.59. The number of pyridine rings is 1. The summed E-state index contributed by atoms with van der Waals surface area (Å²) in [6, 6.07) is 3.76. The summed E-state index contributed by atoms with van der Waals surface area (Å²) >= 11 is 0. The first-order valence-electron chi connectivity index (χ1n) is 5.38. The van der Waals surface area contributed by atoms with Crippen molar-refractivity contribution in [3.8, 4) is 0 Å². The third kappa shape index (κ3) is 2.45. The molecule has 0 aliphatic rings. The number of aliphatic hydroxyl groups excluding tert-OH is 1. The monoisotopic (exact) mass is 232 g/mol. The van der Waals surface area contributed by atoms with Crippen molar-refractivity contribution < 1.29 is 5.11 Å². The predicted octanol–water partition coefficient (Wildman–Crippen LogP) is 0.963. The number of nitrogens with zero attached hydrogens (tertiary/aromatic N) is 4. The SMILES string of the molecule is CN(C)c1ccc(C(O)c2cnn(C)c2)cn1. The predicted molar refractivity (Wildman–Crippen MR) is 65.8 cm³/mol. The Morgan fingerprint density at radius 2 is 2.00 bits per heavy atom. The maximum Gasteiger partial charge on any atom is 0.127 e. The minimum Gasteiger partial charge on any atom is -0.383 e. The third-order valence-corrected chi connectivity index (χ3v) is 2.59. The lowest BCUT2D eigenvalue weighted by Gasteiger charge is -2.13. The second-order valence-electron chi connectivity index (χ2n) is 4.19. The lowest BCUT2D eigenvalue weighted by Crippen LogP contribution is -2.10. The van der Waals surface area contributed by atoms with Crippen LogP contribution in [0, 0.1) is 0 Å². The first-order valence-corrected chi connectivity index (χ1v) is 5.38. The van der Waals surface area contributed by atoms with E-state index in [0.29, 0.717) is 0 Å². The number of rotatable bonds is 3. The molecule has 0 amide bonds. The highest BCUT2D eigenvalue weighted by molar-refractivity contribution is 5.38. The van der Waals surface area contributed by atoms with Gasteiger partial charge in [-0.3, -0.25) is 4.68 Å². The van der Waals surface area contributed by atoms with Crippen molar-refractivity contribution in [2.45, 2.75) is 6.10 Å². The molecule has 2 rings (SSSR count). The molecule has 0 aromatic carbocycles. The maximum atomic E-state index is 10.1. The molecular formula is C12H16N4O. The van der Waals surface area contributed by atoms with Crippen molar-refractivity contribution in [2.24, 2.45) is 7.05 Å². The highest BCUT2D eigenvalue weighted by atomic mass is 16.3. The summed E-state index contributed by atoms with van der Waals surface area (Å²) in [6.07, 6.45) is 4.47. The van der Waals surface area contributed by atoms with Crippen LogP contribution in [-0.2, 0) is 7.05 Å². The van der Waals surface area contributed by atoms with E-state index < -0.39 is 6.10 Å². The maximum absolute atomic E-state index is 10.1. The Hall–Kier alpha value is -1.88. The van der Waals surface area contributed by atoms with Crippen LogP contribution in [-0.4, -0.2) is 34.0 Å². The van der Waals surface area contributed by atoms with E-state index in [-0.39, 0.29) is 0 Å². The van der Waals surface area contributed by atoms with Gasteiger partial charge < -0.3 is 10.0 Å². The van der Waals surface area contributed by atoms with E-state index in [0.717, 1.165) is 16.9 Å². The number of aliphatic hydroxyl groups is 1. The van der Waals surface area contributed by atoms with Crippen LogP contribution in [0.25, 0.3) is 0 Å². The molecular weight excluding hydrogens is 216 g/mol. The summed E-state index contributed by atoms with van der Waals surface area (Å²) in [4.78, 5) is 6.19. The Labute approximate surface area is 100 Å². The van der Waals surface area contributed by atoms with Gasteiger partial charge in [0.25, 0.3) is 0 Å². The molecule has 0 radical (unpaired) electrons. The van der Waals surface area contributed by atoms with Gasteiger partial charge in [-0.2, -0.15) is 5.10 Å². The van der Waals surface area contributed by atoms with Crippen LogP contribution >= 0.6 is 0 Å². The van der Waals surface area contributed by atoms with Crippen molar-refractivity contribution in [1.29, 1.82) is 0 Å². The first-order chi connectivity index (χ1) is 8.08. The lowest BCUT2D eigenvalue weighted by atomic mass is 10.1. The van der Waals surface area contributed by atoms with Gasteiger partial charge in [0.2, 0.25) is 0 Å². The number of hydrogen-bond donors (Lipinski definition) is 1. The first kappa shape index (κ1) is 11.6. The van der Waals surface area contributed by atoms with Crippen LogP contribution in [0.3, 0.4) is 0 Å². The van der Waals surface area contributed by atoms with Crippen LogP contribution in [0.5, 0.6) is 0 Å². The molecule has 2 aromatic rings. The molecule has 0 fully saturated rings. The minimum absolute atomic E-state index is 0.674. The largest absolute Gasteiger partial charge is 0.383 e. The van der Waals surface area contributed by atoms with E-state index in [1.54, 1.807) is 23.3 Å². The molecule has 1 N–H and O–H groups in total. The average Bonchev–Trinajstić information content (AvgIpc) is 2.75. The minimum atomic E-state index is -0.674. The second-order valence-corrected chi connectivity index (χ2v) is 4.19. The van der Waals surface area contributed by atoms with E-state index in [9.17, 15) is 5.11 Å². The van der Waals surface area contributed by atoms with E-state index in [1.807, 2.05) is 38.2 Å². The van der Waals surface area contributed by atoms with E-state index in [4.69, 9.17) is 0 Å². The zero-order valence-corrected chi connectivity index (χ0v) is 10.2. The molecule has 1 atom stereocenters. The Bertz CT molecular complexity index is 489. The van der Waals surface area contributed by atoms with Crippen LogP contribution in [0.15, 0.2) is 30.7 Å². The summed E-state index contributed by atoms with van der Waals surface area (Å²) in [5.74, 6) is 0.868. The molecule has 0 spiro atoms. The summed E-state index contributed by atoms with van der Waals surface area (Å²) in [7, 11) is 5.68. The molecule has 5 nitrogen and oxygen atoms in total. The standard InChI is InChI=1S/C12H16N4O/c1-15(2)11-5-4-9(6-13-11)12(17)10-7-14-16(3)8-10/h4-8,12,17H,1-3H3. The summed E-state index contributed by atoms with van der Waals surface area (Å²) < 4.78 is 1.67. The summed E-state index contributed by atoms with van der Waals surface area (Å²) in [6.45, 7) is 0. The molecule has 0 saturated heterocycles. The Kier molecular flexibility index (Phi) is 3.10. The van der Waals surface area contributed by atoms with E-state index in [1.165, 1.54) is 0 Å². The fourth-order valence-corrected chi connectivity index (χ4v) is 1.60. The number of hydrogen-bond acceptors (Lipinski definition) is 4. The van der Waals surface area contributed by atoms with Gasteiger partial charge in [0.15, 0.2) is 0 Å². The highest BCUT2D eigenvalue weighted by Crippen LogP contribution is 2.21. The van der Waals surface area contributed by atoms with Crippen LogP contribution in [0.4, 0.5) is 5.82 Å². The van der Waals surface area contributed by atoms with Gasteiger partial charge in [-0.05, 0) is 6.07 Å². The van der Waals surface area contributed by atoms with Gasteiger partial charge in [-0.1, -0.05) is 6.07 Å². The number of anilines is 1. The molecule has 2 heterocycles. The molecule has 0 aliphatic carbocycles.